The molecule has 0 heterocycles. The lowest BCUT2D eigenvalue weighted by Crippen LogP contribution is -2.36. The van der Waals surface area contributed by atoms with Gasteiger partial charge in [0.25, 0.3) is 0 Å². The minimum Gasteiger partial charge on any atom is -0.466 e. The minimum atomic E-state index is -0.0601. The standard InChI is InChI=1S/C10H19NO3/c1-3-14-10(12)8-5-4-6-9(7-8)11-13-2/h8-9,11H,3-7H2,1-2H3. The van der Waals surface area contributed by atoms with Gasteiger partial charge in [0.1, 0.15) is 0 Å². The van der Waals surface area contributed by atoms with Crippen LogP contribution in [0.1, 0.15) is 32.6 Å². The van der Waals surface area contributed by atoms with Gasteiger partial charge in [-0.3, -0.25) is 4.79 Å². The zero-order valence-electron chi connectivity index (χ0n) is 8.91. The number of rotatable bonds is 4. The van der Waals surface area contributed by atoms with Crippen molar-refractivity contribution in [2.45, 2.75) is 38.6 Å². The number of hydrogen-bond donors (Lipinski definition) is 1. The first-order valence-corrected chi connectivity index (χ1v) is 5.23. The van der Waals surface area contributed by atoms with Crippen molar-refractivity contribution in [1.82, 2.24) is 5.48 Å². The van der Waals surface area contributed by atoms with E-state index in [1.807, 2.05) is 6.92 Å². The number of carbonyl (C=O) groups is 1. The van der Waals surface area contributed by atoms with E-state index in [-0.39, 0.29) is 11.9 Å². The molecule has 0 aliphatic heterocycles. The van der Waals surface area contributed by atoms with Gasteiger partial charge in [-0.2, -0.15) is 5.48 Å². The maximum absolute atomic E-state index is 11.5. The average molecular weight is 201 g/mol. The van der Waals surface area contributed by atoms with Crippen LogP contribution >= 0.6 is 0 Å². The Hall–Kier alpha value is -0.610. The summed E-state index contributed by atoms with van der Waals surface area (Å²) >= 11 is 0. The van der Waals surface area contributed by atoms with Crippen LogP contribution in [0.5, 0.6) is 0 Å². The fraction of sp³-hybridized carbons (Fsp3) is 0.900. The molecule has 0 bridgehead atoms. The third-order valence-corrected chi connectivity index (χ3v) is 2.58. The smallest absolute Gasteiger partial charge is 0.308 e. The predicted octanol–water partition coefficient (Wildman–Crippen LogP) is 1.26. The molecule has 0 spiro atoms. The molecule has 2 atom stereocenters. The van der Waals surface area contributed by atoms with Crippen molar-refractivity contribution < 1.29 is 14.4 Å². The molecule has 0 radical (unpaired) electrons. The van der Waals surface area contributed by atoms with E-state index in [0.29, 0.717) is 12.6 Å². The van der Waals surface area contributed by atoms with E-state index in [9.17, 15) is 4.79 Å². The molecule has 2 unspecified atom stereocenters. The fourth-order valence-corrected chi connectivity index (χ4v) is 1.94. The van der Waals surface area contributed by atoms with E-state index in [1.54, 1.807) is 7.11 Å². The maximum Gasteiger partial charge on any atom is 0.308 e. The molecule has 0 amide bonds. The van der Waals surface area contributed by atoms with Gasteiger partial charge in [0.2, 0.25) is 0 Å². The minimum absolute atomic E-state index is 0.0522. The Morgan fingerprint density at radius 1 is 1.50 bits per heavy atom. The molecule has 1 aliphatic carbocycles. The highest BCUT2D eigenvalue weighted by Crippen LogP contribution is 2.25. The second-order valence-electron chi connectivity index (χ2n) is 3.63. The van der Waals surface area contributed by atoms with Gasteiger partial charge in [-0.25, -0.2) is 0 Å². The zero-order valence-corrected chi connectivity index (χ0v) is 8.91. The van der Waals surface area contributed by atoms with E-state index in [2.05, 4.69) is 5.48 Å². The van der Waals surface area contributed by atoms with E-state index in [4.69, 9.17) is 9.57 Å². The van der Waals surface area contributed by atoms with Crippen LogP contribution in [0.15, 0.2) is 0 Å². The number of esters is 1. The third kappa shape index (κ3) is 3.27. The highest BCUT2D eigenvalue weighted by Gasteiger charge is 2.27. The molecular formula is C10H19NO3. The topological polar surface area (TPSA) is 47.6 Å². The molecule has 0 saturated heterocycles. The van der Waals surface area contributed by atoms with Crippen LogP contribution in [0, 0.1) is 5.92 Å². The molecule has 1 N–H and O–H groups in total. The Kier molecular flexibility index (Phi) is 4.90. The quantitative estimate of drug-likeness (QED) is 0.549. The number of carbonyl (C=O) groups excluding carboxylic acids is 1. The van der Waals surface area contributed by atoms with Gasteiger partial charge in [-0.1, -0.05) is 6.42 Å². The molecule has 4 heteroatoms. The monoisotopic (exact) mass is 201 g/mol. The van der Waals surface area contributed by atoms with Crippen molar-refractivity contribution in [3.05, 3.63) is 0 Å². The van der Waals surface area contributed by atoms with Gasteiger partial charge in [0.05, 0.1) is 19.6 Å². The van der Waals surface area contributed by atoms with Crippen molar-refractivity contribution in [1.29, 1.82) is 0 Å². The summed E-state index contributed by atoms with van der Waals surface area (Å²) in [5.41, 5.74) is 2.90. The highest BCUT2D eigenvalue weighted by molar-refractivity contribution is 5.72. The van der Waals surface area contributed by atoms with Gasteiger partial charge >= 0.3 is 5.97 Å². The van der Waals surface area contributed by atoms with Gasteiger partial charge in [0, 0.05) is 6.04 Å². The zero-order chi connectivity index (χ0) is 10.4. The summed E-state index contributed by atoms with van der Waals surface area (Å²) in [5.74, 6) is -0.00791. The van der Waals surface area contributed by atoms with Crippen LogP contribution in [-0.2, 0) is 14.4 Å². The lowest BCUT2D eigenvalue weighted by molar-refractivity contribution is -0.149. The maximum atomic E-state index is 11.5. The molecule has 82 valence electrons. The molecule has 1 aliphatic rings. The third-order valence-electron chi connectivity index (χ3n) is 2.58. The largest absolute Gasteiger partial charge is 0.466 e. The van der Waals surface area contributed by atoms with E-state index < -0.39 is 0 Å². The van der Waals surface area contributed by atoms with Crippen LogP contribution in [0.4, 0.5) is 0 Å². The normalized spacial score (nSPS) is 27.3. The van der Waals surface area contributed by atoms with Crippen molar-refractivity contribution in [3.8, 4) is 0 Å². The lowest BCUT2D eigenvalue weighted by Gasteiger charge is -2.27. The molecular weight excluding hydrogens is 182 g/mol. The van der Waals surface area contributed by atoms with E-state index >= 15 is 0 Å². The van der Waals surface area contributed by atoms with Crippen LogP contribution in [0.3, 0.4) is 0 Å². The van der Waals surface area contributed by atoms with E-state index in [0.717, 1.165) is 25.7 Å². The van der Waals surface area contributed by atoms with Crippen LogP contribution in [0.2, 0.25) is 0 Å². The molecule has 14 heavy (non-hydrogen) atoms. The Labute approximate surface area is 84.9 Å². The molecule has 1 rings (SSSR count). The molecule has 0 aromatic carbocycles. The number of hydroxylamine groups is 1. The first-order valence-electron chi connectivity index (χ1n) is 5.23. The summed E-state index contributed by atoms with van der Waals surface area (Å²) in [6, 6.07) is 0.295. The number of nitrogens with one attached hydrogen (secondary N) is 1. The Bertz CT molecular complexity index is 182. The summed E-state index contributed by atoms with van der Waals surface area (Å²) in [4.78, 5) is 16.3. The second kappa shape index (κ2) is 5.98. The second-order valence-corrected chi connectivity index (χ2v) is 3.63. The van der Waals surface area contributed by atoms with Gasteiger partial charge < -0.3 is 9.57 Å². The summed E-state index contributed by atoms with van der Waals surface area (Å²) in [6.07, 6.45) is 3.90. The number of ether oxygens (including phenoxy) is 1. The van der Waals surface area contributed by atoms with Crippen LogP contribution < -0.4 is 5.48 Å². The molecule has 4 nitrogen and oxygen atoms in total. The molecule has 1 fully saturated rings. The van der Waals surface area contributed by atoms with Gasteiger partial charge in [0.15, 0.2) is 0 Å². The first-order chi connectivity index (χ1) is 6.77. The Balaban J connectivity index is 2.35. The van der Waals surface area contributed by atoms with Crippen molar-refractivity contribution in [2.24, 2.45) is 5.92 Å². The summed E-state index contributed by atoms with van der Waals surface area (Å²) < 4.78 is 5.00. The molecule has 0 aromatic heterocycles. The summed E-state index contributed by atoms with van der Waals surface area (Å²) in [6.45, 7) is 2.31. The SMILES string of the molecule is CCOC(=O)C1CCCC(NOC)C1. The average Bonchev–Trinajstić information content (AvgIpc) is 2.19. The first kappa shape index (κ1) is 11.5. The lowest BCUT2D eigenvalue weighted by atomic mass is 9.86. The van der Waals surface area contributed by atoms with Crippen molar-refractivity contribution >= 4 is 5.97 Å². The van der Waals surface area contributed by atoms with Crippen LogP contribution in [0.25, 0.3) is 0 Å². The highest BCUT2D eigenvalue weighted by atomic mass is 16.6. The summed E-state index contributed by atoms with van der Waals surface area (Å²) in [7, 11) is 1.61. The number of hydrogen-bond acceptors (Lipinski definition) is 4. The van der Waals surface area contributed by atoms with Gasteiger partial charge in [-0.15, -0.1) is 0 Å². The van der Waals surface area contributed by atoms with Crippen LogP contribution in [-0.4, -0.2) is 25.7 Å². The van der Waals surface area contributed by atoms with Gasteiger partial charge in [-0.05, 0) is 26.2 Å². The molecule has 0 aromatic rings. The van der Waals surface area contributed by atoms with E-state index in [1.165, 1.54) is 0 Å². The van der Waals surface area contributed by atoms with Crippen molar-refractivity contribution in [3.63, 3.8) is 0 Å². The summed E-state index contributed by atoms with van der Waals surface area (Å²) in [5, 5.41) is 0. The van der Waals surface area contributed by atoms with Crippen molar-refractivity contribution in [2.75, 3.05) is 13.7 Å². The molecule has 1 saturated carbocycles. The fourth-order valence-electron chi connectivity index (χ4n) is 1.94. The Morgan fingerprint density at radius 2 is 2.29 bits per heavy atom. The predicted molar refractivity (Wildman–Crippen MR) is 52.5 cm³/mol. The Morgan fingerprint density at radius 3 is 2.93 bits per heavy atom.